The minimum Gasteiger partial charge on any atom is -0.411 e. The first kappa shape index (κ1) is 11.1. The van der Waals surface area contributed by atoms with Gasteiger partial charge in [0, 0.05) is 6.42 Å². The maximum absolute atomic E-state index is 11.2. The van der Waals surface area contributed by atoms with Crippen molar-refractivity contribution in [2.45, 2.75) is 46.0 Å². The predicted molar refractivity (Wildman–Crippen MR) is 48.7 cm³/mol. The summed E-state index contributed by atoms with van der Waals surface area (Å²) in [7, 11) is 0. The molecule has 0 saturated carbocycles. The van der Waals surface area contributed by atoms with Crippen LogP contribution in [0.5, 0.6) is 0 Å². The molecular formula is C9H17NO2. The average molecular weight is 171 g/mol. The third-order valence-corrected chi connectivity index (χ3v) is 1.78. The Kier molecular flexibility index (Phi) is 6.34. The molecule has 3 nitrogen and oxygen atoms in total. The van der Waals surface area contributed by atoms with Crippen LogP contribution in [0.25, 0.3) is 0 Å². The minimum absolute atomic E-state index is 0.0200. The molecule has 0 spiro atoms. The van der Waals surface area contributed by atoms with Gasteiger partial charge in [0.25, 0.3) is 0 Å². The average Bonchev–Trinajstić information content (AvgIpc) is 2.07. The molecule has 0 heterocycles. The van der Waals surface area contributed by atoms with Gasteiger partial charge in [-0.25, -0.2) is 0 Å². The summed E-state index contributed by atoms with van der Waals surface area (Å²) >= 11 is 0. The van der Waals surface area contributed by atoms with Gasteiger partial charge in [0.2, 0.25) is 0 Å². The number of hydrogen-bond donors (Lipinski definition) is 1. The summed E-state index contributed by atoms with van der Waals surface area (Å²) in [6.45, 7) is 3.90. The van der Waals surface area contributed by atoms with Gasteiger partial charge in [0.05, 0.1) is 0 Å². The molecule has 0 aromatic carbocycles. The Hall–Kier alpha value is -0.860. The van der Waals surface area contributed by atoms with Gasteiger partial charge in [-0.3, -0.25) is 4.79 Å². The molecule has 0 radical (unpaired) electrons. The van der Waals surface area contributed by atoms with Gasteiger partial charge in [-0.1, -0.05) is 31.8 Å². The van der Waals surface area contributed by atoms with E-state index in [-0.39, 0.29) is 5.78 Å². The van der Waals surface area contributed by atoms with E-state index in [9.17, 15) is 4.79 Å². The van der Waals surface area contributed by atoms with Gasteiger partial charge in [-0.2, -0.15) is 0 Å². The van der Waals surface area contributed by atoms with E-state index in [0.29, 0.717) is 18.6 Å². The van der Waals surface area contributed by atoms with Crippen LogP contribution in [-0.2, 0) is 4.79 Å². The Labute approximate surface area is 73.5 Å². The molecule has 1 N–H and O–H groups in total. The Morgan fingerprint density at radius 2 is 2.00 bits per heavy atom. The lowest BCUT2D eigenvalue weighted by Gasteiger charge is -1.99. The molecule has 0 aliphatic carbocycles. The Bertz CT molecular complexity index is 164. The van der Waals surface area contributed by atoms with Gasteiger partial charge >= 0.3 is 0 Å². The first-order valence-corrected chi connectivity index (χ1v) is 4.50. The summed E-state index contributed by atoms with van der Waals surface area (Å²) in [6.07, 6.45) is 4.09. The molecule has 0 bridgehead atoms. The number of hydrogen-bond acceptors (Lipinski definition) is 3. The normalized spacial score (nSPS) is 11.7. The van der Waals surface area contributed by atoms with E-state index < -0.39 is 0 Å². The van der Waals surface area contributed by atoms with Crippen LogP contribution in [0.15, 0.2) is 5.16 Å². The van der Waals surface area contributed by atoms with Crippen molar-refractivity contribution < 1.29 is 10.0 Å². The SMILES string of the molecule is CCCCCC(=O)/C(CC)=N/O. The second-order valence-electron chi connectivity index (χ2n) is 2.78. The molecule has 0 saturated heterocycles. The summed E-state index contributed by atoms with van der Waals surface area (Å²) in [6, 6.07) is 0. The fourth-order valence-corrected chi connectivity index (χ4v) is 1.00. The summed E-state index contributed by atoms with van der Waals surface area (Å²) in [4.78, 5) is 11.2. The number of unbranched alkanes of at least 4 members (excludes halogenated alkanes) is 2. The van der Waals surface area contributed by atoms with Crippen LogP contribution in [-0.4, -0.2) is 16.7 Å². The van der Waals surface area contributed by atoms with Crippen molar-refractivity contribution in [1.82, 2.24) is 0 Å². The van der Waals surface area contributed by atoms with Gasteiger partial charge in [-0.15, -0.1) is 0 Å². The number of nitrogens with zero attached hydrogens (tertiary/aromatic N) is 1. The highest BCUT2D eigenvalue weighted by atomic mass is 16.4. The first-order chi connectivity index (χ1) is 5.76. The lowest BCUT2D eigenvalue weighted by Crippen LogP contribution is -2.12. The molecule has 0 aliphatic rings. The van der Waals surface area contributed by atoms with E-state index in [1.54, 1.807) is 0 Å². The number of oxime groups is 1. The van der Waals surface area contributed by atoms with Crippen LogP contribution in [0.1, 0.15) is 46.0 Å². The summed E-state index contributed by atoms with van der Waals surface area (Å²) < 4.78 is 0. The lowest BCUT2D eigenvalue weighted by molar-refractivity contribution is -0.113. The van der Waals surface area contributed by atoms with Crippen LogP contribution in [0.4, 0.5) is 0 Å². The van der Waals surface area contributed by atoms with E-state index in [1.807, 2.05) is 6.92 Å². The molecule has 0 fully saturated rings. The molecule has 0 amide bonds. The highest BCUT2D eigenvalue weighted by Crippen LogP contribution is 2.02. The standard InChI is InChI=1S/C9H17NO2/c1-3-5-6-7-9(11)8(4-2)10-12/h12H,3-7H2,1-2H3/b10-8+. The molecule has 3 heteroatoms. The smallest absolute Gasteiger partial charge is 0.180 e. The summed E-state index contributed by atoms with van der Waals surface area (Å²) in [5.41, 5.74) is 0.297. The fourth-order valence-electron chi connectivity index (χ4n) is 1.00. The van der Waals surface area contributed by atoms with Crippen LogP contribution in [0.2, 0.25) is 0 Å². The Balaban J connectivity index is 3.71. The van der Waals surface area contributed by atoms with Crippen molar-refractivity contribution in [3.8, 4) is 0 Å². The highest BCUT2D eigenvalue weighted by molar-refractivity contribution is 6.39. The zero-order chi connectivity index (χ0) is 9.40. The number of ketones is 1. The van der Waals surface area contributed by atoms with Crippen LogP contribution in [0.3, 0.4) is 0 Å². The van der Waals surface area contributed by atoms with Crippen molar-refractivity contribution in [3.05, 3.63) is 0 Å². The second kappa shape index (κ2) is 6.83. The molecule has 0 aliphatic heterocycles. The molecule has 12 heavy (non-hydrogen) atoms. The molecule has 0 unspecified atom stereocenters. The molecular weight excluding hydrogens is 154 g/mol. The third kappa shape index (κ3) is 4.11. The summed E-state index contributed by atoms with van der Waals surface area (Å²) in [5, 5.41) is 11.4. The van der Waals surface area contributed by atoms with Crippen LogP contribution >= 0.6 is 0 Å². The topological polar surface area (TPSA) is 49.7 Å². The third-order valence-electron chi connectivity index (χ3n) is 1.78. The summed E-state index contributed by atoms with van der Waals surface area (Å²) in [5.74, 6) is -0.0200. The number of carbonyl (C=O) groups is 1. The second-order valence-corrected chi connectivity index (χ2v) is 2.78. The van der Waals surface area contributed by atoms with Crippen LogP contribution in [0, 0.1) is 0 Å². The van der Waals surface area contributed by atoms with Crippen molar-refractivity contribution in [2.24, 2.45) is 5.16 Å². The van der Waals surface area contributed by atoms with Gasteiger partial charge in [0.15, 0.2) is 5.78 Å². The van der Waals surface area contributed by atoms with Crippen molar-refractivity contribution >= 4 is 11.5 Å². The molecule has 0 atom stereocenters. The molecule has 0 aromatic heterocycles. The molecule has 70 valence electrons. The Morgan fingerprint density at radius 3 is 2.42 bits per heavy atom. The van der Waals surface area contributed by atoms with Gasteiger partial charge in [-0.05, 0) is 12.8 Å². The lowest BCUT2D eigenvalue weighted by atomic mass is 10.1. The quantitative estimate of drug-likeness (QED) is 0.288. The number of rotatable bonds is 6. The highest BCUT2D eigenvalue weighted by Gasteiger charge is 2.08. The van der Waals surface area contributed by atoms with E-state index in [4.69, 9.17) is 5.21 Å². The maximum atomic E-state index is 11.2. The Morgan fingerprint density at radius 1 is 1.33 bits per heavy atom. The molecule has 0 rings (SSSR count). The fraction of sp³-hybridized carbons (Fsp3) is 0.778. The zero-order valence-electron chi connectivity index (χ0n) is 7.84. The van der Waals surface area contributed by atoms with Crippen molar-refractivity contribution in [1.29, 1.82) is 0 Å². The monoisotopic (exact) mass is 171 g/mol. The predicted octanol–water partition coefficient (Wildman–Crippen LogP) is 2.38. The van der Waals surface area contributed by atoms with Crippen molar-refractivity contribution in [3.63, 3.8) is 0 Å². The van der Waals surface area contributed by atoms with E-state index in [2.05, 4.69) is 12.1 Å². The van der Waals surface area contributed by atoms with E-state index >= 15 is 0 Å². The molecule has 0 aromatic rings. The number of carbonyl (C=O) groups excluding carboxylic acids is 1. The number of Topliss-reactive ketones (excluding diaryl/α,β-unsaturated/α-hetero) is 1. The first-order valence-electron chi connectivity index (χ1n) is 4.50. The van der Waals surface area contributed by atoms with Crippen LogP contribution < -0.4 is 0 Å². The van der Waals surface area contributed by atoms with Gasteiger partial charge in [0.1, 0.15) is 5.71 Å². The largest absolute Gasteiger partial charge is 0.411 e. The van der Waals surface area contributed by atoms with Gasteiger partial charge < -0.3 is 5.21 Å². The maximum Gasteiger partial charge on any atom is 0.180 e. The minimum atomic E-state index is -0.0200. The van der Waals surface area contributed by atoms with E-state index in [0.717, 1.165) is 19.3 Å². The van der Waals surface area contributed by atoms with Crippen molar-refractivity contribution in [2.75, 3.05) is 0 Å². The van der Waals surface area contributed by atoms with E-state index in [1.165, 1.54) is 0 Å². The zero-order valence-corrected chi connectivity index (χ0v) is 7.84.